The second-order valence-corrected chi connectivity index (χ2v) is 10.4. The monoisotopic (exact) mass is 413 g/mol. The van der Waals surface area contributed by atoms with Crippen LogP contribution in [-0.4, -0.2) is 32.4 Å². The van der Waals surface area contributed by atoms with Crippen molar-refractivity contribution >= 4 is 27.5 Å². The van der Waals surface area contributed by atoms with Crippen LogP contribution in [0, 0.1) is 5.92 Å². The van der Waals surface area contributed by atoms with Crippen molar-refractivity contribution in [3.8, 4) is 0 Å². The van der Waals surface area contributed by atoms with Crippen LogP contribution in [0.5, 0.6) is 0 Å². The lowest BCUT2D eigenvalue weighted by Gasteiger charge is -2.36. The van der Waals surface area contributed by atoms with Crippen molar-refractivity contribution in [2.75, 3.05) is 0 Å². The lowest BCUT2D eigenvalue weighted by Crippen LogP contribution is -2.44. The highest BCUT2D eigenvalue weighted by molar-refractivity contribution is 7.18. The molecule has 0 aromatic carbocycles. The number of thiophene rings is 1. The third-order valence-corrected chi connectivity index (χ3v) is 8.32. The lowest BCUT2D eigenvalue weighted by molar-refractivity contribution is -0.135. The third-order valence-electron chi connectivity index (χ3n) is 7.12. The van der Waals surface area contributed by atoms with E-state index < -0.39 is 0 Å². The minimum Gasteiger partial charge on any atom is -0.337 e. The highest BCUT2D eigenvalue weighted by Crippen LogP contribution is 2.36. The van der Waals surface area contributed by atoms with Gasteiger partial charge in [0.2, 0.25) is 5.91 Å². The number of fused-ring (bicyclic) bond motifs is 3. The van der Waals surface area contributed by atoms with E-state index in [4.69, 9.17) is 0 Å². The maximum absolute atomic E-state index is 13.1. The van der Waals surface area contributed by atoms with E-state index in [1.54, 1.807) is 22.2 Å². The molecule has 156 valence electrons. The summed E-state index contributed by atoms with van der Waals surface area (Å²) in [6.07, 6.45) is 13.5. The quantitative estimate of drug-likeness (QED) is 0.734. The summed E-state index contributed by atoms with van der Waals surface area (Å²) in [7, 11) is 0. The molecule has 2 heterocycles. The van der Waals surface area contributed by atoms with Gasteiger partial charge < -0.3 is 4.90 Å². The van der Waals surface area contributed by atoms with Crippen molar-refractivity contribution in [3.63, 3.8) is 0 Å². The largest absolute Gasteiger partial charge is 0.337 e. The molecule has 5 nitrogen and oxygen atoms in total. The van der Waals surface area contributed by atoms with Gasteiger partial charge in [0.25, 0.3) is 5.56 Å². The number of amides is 1. The minimum absolute atomic E-state index is 0.0478. The van der Waals surface area contributed by atoms with Crippen LogP contribution in [0.1, 0.15) is 75.2 Å². The smallest absolute Gasteiger partial charge is 0.262 e. The van der Waals surface area contributed by atoms with Crippen molar-refractivity contribution in [1.82, 2.24) is 14.5 Å². The van der Waals surface area contributed by atoms with Crippen LogP contribution in [0.15, 0.2) is 11.1 Å². The average Bonchev–Trinajstić information content (AvgIpc) is 3.48. The third kappa shape index (κ3) is 3.76. The van der Waals surface area contributed by atoms with Gasteiger partial charge in [0.1, 0.15) is 4.83 Å². The van der Waals surface area contributed by atoms with Crippen LogP contribution in [0.3, 0.4) is 0 Å². The number of hydrogen-bond acceptors (Lipinski definition) is 4. The summed E-state index contributed by atoms with van der Waals surface area (Å²) in [6, 6.07) is 0.856. The van der Waals surface area contributed by atoms with Crippen molar-refractivity contribution in [2.45, 2.75) is 96.2 Å². The zero-order chi connectivity index (χ0) is 20.0. The fraction of sp³-hybridized carbons (Fsp3) is 0.696. The molecule has 3 aliphatic rings. The van der Waals surface area contributed by atoms with Crippen molar-refractivity contribution < 1.29 is 4.79 Å². The van der Waals surface area contributed by atoms with E-state index in [2.05, 4.69) is 16.8 Å². The molecule has 0 radical (unpaired) electrons. The Balaban J connectivity index is 1.32. The van der Waals surface area contributed by atoms with Crippen molar-refractivity contribution in [2.24, 2.45) is 5.92 Å². The van der Waals surface area contributed by atoms with Crippen LogP contribution in [0.25, 0.3) is 10.2 Å². The Morgan fingerprint density at radius 2 is 1.83 bits per heavy atom. The van der Waals surface area contributed by atoms with Crippen LogP contribution < -0.4 is 5.56 Å². The summed E-state index contributed by atoms with van der Waals surface area (Å²) >= 11 is 1.68. The number of rotatable bonds is 5. The summed E-state index contributed by atoms with van der Waals surface area (Å²) in [4.78, 5) is 35.2. The normalized spacial score (nSPS) is 24.4. The topological polar surface area (TPSA) is 55.2 Å². The highest BCUT2D eigenvalue weighted by Gasteiger charge is 2.38. The van der Waals surface area contributed by atoms with E-state index in [-0.39, 0.29) is 11.5 Å². The first-order chi connectivity index (χ1) is 14.1. The molecule has 2 saturated carbocycles. The van der Waals surface area contributed by atoms with Crippen LogP contribution in [0.2, 0.25) is 0 Å². The van der Waals surface area contributed by atoms with Crippen LogP contribution in [0.4, 0.5) is 0 Å². The van der Waals surface area contributed by atoms with Crippen LogP contribution >= 0.6 is 11.3 Å². The number of nitrogens with zero attached hydrogens (tertiary/aromatic N) is 3. The summed E-state index contributed by atoms with van der Waals surface area (Å²) in [5.74, 6) is 1.02. The zero-order valence-corrected chi connectivity index (χ0v) is 18.2. The van der Waals surface area contributed by atoms with Crippen molar-refractivity contribution in [3.05, 3.63) is 27.1 Å². The molecule has 0 aliphatic heterocycles. The molecule has 2 aromatic heterocycles. The highest BCUT2D eigenvalue weighted by atomic mass is 32.1. The number of aromatic nitrogens is 2. The zero-order valence-electron chi connectivity index (χ0n) is 17.4. The fourth-order valence-corrected chi connectivity index (χ4v) is 6.48. The second-order valence-electron chi connectivity index (χ2n) is 9.33. The standard InChI is InChI=1S/C23H31N3O2S/c1-15-6-8-16(9-7-15)26(17-10-11-17)20(27)12-13-25-14-24-22-21(23(25)28)18-4-2-3-5-19(18)29-22/h14-17H,2-13H2,1H3. The van der Waals surface area contributed by atoms with Gasteiger partial charge in [0, 0.05) is 29.9 Å². The summed E-state index contributed by atoms with van der Waals surface area (Å²) in [5, 5.41) is 0.819. The first kappa shape index (κ1) is 19.3. The molecule has 0 spiro atoms. The molecule has 29 heavy (non-hydrogen) atoms. The van der Waals surface area contributed by atoms with E-state index in [1.807, 2.05) is 0 Å². The van der Waals surface area contributed by atoms with Gasteiger partial charge in [-0.3, -0.25) is 14.2 Å². The van der Waals surface area contributed by atoms with Gasteiger partial charge in [0.05, 0.1) is 11.7 Å². The van der Waals surface area contributed by atoms with Gasteiger partial charge in [-0.15, -0.1) is 11.3 Å². The predicted molar refractivity (Wildman–Crippen MR) is 116 cm³/mol. The van der Waals surface area contributed by atoms with Gasteiger partial charge in [-0.1, -0.05) is 6.92 Å². The average molecular weight is 414 g/mol. The molecule has 0 saturated heterocycles. The van der Waals surface area contributed by atoms with Gasteiger partial charge >= 0.3 is 0 Å². The maximum Gasteiger partial charge on any atom is 0.262 e. The Labute approximate surface area is 176 Å². The predicted octanol–water partition coefficient (Wildman–Crippen LogP) is 4.30. The molecule has 2 fully saturated rings. The number of aryl methyl sites for hydroxylation is 3. The van der Waals surface area contributed by atoms with Gasteiger partial charge in [-0.25, -0.2) is 4.98 Å². The molecule has 0 unspecified atom stereocenters. The molecule has 3 aliphatic carbocycles. The Morgan fingerprint density at radius 1 is 1.14 bits per heavy atom. The number of carbonyl (C=O) groups is 1. The lowest BCUT2D eigenvalue weighted by atomic mass is 9.86. The molecule has 6 heteroatoms. The van der Waals surface area contributed by atoms with E-state index in [9.17, 15) is 9.59 Å². The SMILES string of the molecule is CC1CCC(N(C(=O)CCn2cnc3sc4c(c3c2=O)CCCC4)C2CC2)CC1. The second kappa shape index (κ2) is 7.86. The van der Waals surface area contributed by atoms with Crippen LogP contribution in [-0.2, 0) is 24.2 Å². The van der Waals surface area contributed by atoms with Crippen molar-refractivity contribution in [1.29, 1.82) is 0 Å². The first-order valence-corrected chi connectivity index (χ1v) is 12.2. The van der Waals surface area contributed by atoms with E-state index in [0.717, 1.165) is 61.1 Å². The number of carbonyl (C=O) groups excluding carboxylic acids is 1. The fourth-order valence-electron chi connectivity index (χ4n) is 5.26. The van der Waals surface area contributed by atoms with E-state index >= 15 is 0 Å². The Kier molecular flexibility index (Phi) is 5.23. The molecular formula is C23H31N3O2S. The van der Waals surface area contributed by atoms with Gasteiger partial charge in [-0.2, -0.15) is 0 Å². The minimum atomic E-state index is 0.0478. The Morgan fingerprint density at radius 3 is 2.55 bits per heavy atom. The molecule has 0 bridgehead atoms. The Bertz CT molecular complexity index is 966. The molecule has 0 atom stereocenters. The number of hydrogen-bond donors (Lipinski definition) is 0. The summed E-state index contributed by atoms with van der Waals surface area (Å²) in [6.45, 7) is 2.76. The van der Waals surface area contributed by atoms with E-state index in [0.29, 0.717) is 25.0 Å². The van der Waals surface area contributed by atoms with Gasteiger partial charge in [0.15, 0.2) is 0 Å². The molecule has 2 aromatic rings. The molecule has 0 N–H and O–H groups in total. The summed E-state index contributed by atoms with van der Waals surface area (Å²) < 4.78 is 1.68. The molecular weight excluding hydrogens is 382 g/mol. The van der Waals surface area contributed by atoms with Gasteiger partial charge in [-0.05, 0) is 75.7 Å². The molecule has 5 rings (SSSR count). The molecule has 1 amide bonds. The Hall–Kier alpha value is -1.69. The maximum atomic E-state index is 13.1. The summed E-state index contributed by atoms with van der Waals surface area (Å²) in [5.41, 5.74) is 1.28. The first-order valence-electron chi connectivity index (χ1n) is 11.4. The van der Waals surface area contributed by atoms with E-state index in [1.165, 1.54) is 29.7 Å².